The lowest BCUT2D eigenvalue weighted by atomic mass is 10.1. The highest BCUT2D eigenvalue weighted by atomic mass is 32.1. The molecular weight excluding hydrogens is 206 g/mol. The van der Waals surface area contributed by atoms with Crippen LogP contribution in [0.2, 0.25) is 0 Å². The standard InChI is InChI=1S/C12H15NOS/c14-12(13-10-6-7-10)11(15)8-9-4-2-1-3-5-9/h1-5,10-11,15H,6-8H2,(H,13,14). The van der Waals surface area contributed by atoms with Gasteiger partial charge in [-0.2, -0.15) is 12.6 Å². The SMILES string of the molecule is O=C(NC1CC1)C(S)Cc1ccccc1. The van der Waals surface area contributed by atoms with Gasteiger partial charge < -0.3 is 5.32 Å². The van der Waals surface area contributed by atoms with Gasteiger partial charge in [0, 0.05) is 6.04 Å². The van der Waals surface area contributed by atoms with Gasteiger partial charge >= 0.3 is 0 Å². The summed E-state index contributed by atoms with van der Waals surface area (Å²) < 4.78 is 0. The molecule has 1 amide bonds. The number of carbonyl (C=O) groups is 1. The molecular formula is C12H15NOS. The van der Waals surface area contributed by atoms with Crippen LogP contribution >= 0.6 is 12.6 Å². The average molecular weight is 221 g/mol. The number of hydrogen-bond donors (Lipinski definition) is 2. The van der Waals surface area contributed by atoms with E-state index in [1.807, 2.05) is 30.3 Å². The fourth-order valence-corrected chi connectivity index (χ4v) is 1.74. The summed E-state index contributed by atoms with van der Waals surface area (Å²) in [6.07, 6.45) is 2.94. The van der Waals surface area contributed by atoms with Crippen LogP contribution in [0.25, 0.3) is 0 Å². The first-order valence-corrected chi connectivity index (χ1v) is 5.80. The maximum atomic E-state index is 11.6. The van der Waals surface area contributed by atoms with E-state index in [-0.39, 0.29) is 11.2 Å². The van der Waals surface area contributed by atoms with Gasteiger partial charge in [0.15, 0.2) is 0 Å². The molecule has 0 heterocycles. The van der Waals surface area contributed by atoms with Crippen LogP contribution in [-0.2, 0) is 11.2 Å². The van der Waals surface area contributed by atoms with Crippen molar-refractivity contribution >= 4 is 18.5 Å². The molecule has 0 saturated heterocycles. The Labute approximate surface area is 95.5 Å². The van der Waals surface area contributed by atoms with E-state index in [1.165, 1.54) is 0 Å². The fraction of sp³-hybridized carbons (Fsp3) is 0.417. The van der Waals surface area contributed by atoms with Gasteiger partial charge in [0.1, 0.15) is 0 Å². The number of amides is 1. The number of carbonyl (C=O) groups excluding carboxylic acids is 1. The summed E-state index contributed by atoms with van der Waals surface area (Å²) >= 11 is 4.33. The summed E-state index contributed by atoms with van der Waals surface area (Å²) in [5.74, 6) is 0.0599. The minimum Gasteiger partial charge on any atom is -0.352 e. The van der Waals surface area contributed by atoms with Gasteiger partial charge in [-0.15, -0.1) is 0 Å². The van der Waals surface area contributed by atoms with Crippen LogP contribution < -0.4 is 5.32 Å². The molecule has 1 aromatic carbocycles. The average Bonchev–Trinajstić information content (AvgIpc) is 3.03. The van der Waals surface area contributed by atoms with Crippen molar-refractivity contribution in [1.82, 2.24) is 5.32 Å². The molecule has 0 aromatic heterocycles. The van der Waals surface area contributed by atoms with E-state index in [1.54, 1.807) is 0 Å². The van der Waals surface area contributed by atoms with E-state index < -0.39 is 0 Å². The predicted molar refractivity (Wildman–Crippen MR) is 64.1 cm³/mol. The van der Waals surface area contributed by atoms with Crippen LogP contribution in [0.15, 0.2) is 30.3 Å². The quantitative estimate of drug-likeness (QED) is 0.746. The minimum absolute atomic E-state index is 0.0599. The summed E-state index contributed by atoms with van der Waals surface area (Å²) in [4.78, 5) is 11.6. The number of nitrogens with one attached hydrogen (secondary N) is 1. The Balaban J connectivity index is 1.85. The lowest BCUT2D eigenvalue weighted by Gasteiger charge is -2.10. The van der Waals surface area contributed by atoms with Gasteiger partial charge in [0.25, 0.3) is 0 Å². The molecule has 1 N–H and O–H groups in total. The normalized spacial score (nSPS) is 17.1. The third-order valence-electron chi connectivity index (χ3n) is 2.50. The van der Waals surface area contributed by atoms with Crippen LogP contribution in [0.3, 0.4) is 0 Å². The van der Waals surface area contributed by atoms with E-state index in [2.05, 4.69) is 17.9 Å². The van der Waals surface area contributed by atoms with Crippen LogP contribution in [0, 0.1) is 0 Å². The molecule has 2 rings (SSSR count). The molecule has 2 nitrogen and oxygen atoms in total. The number of hydrogen-bond acceptors (Lipinski definition) is 2. The number of rotatable bonds is 4. The highest BCUT2D eigenvalue weighted by Crippen LogP contribution is 2.19. The van der Waals surface area contributed by atoms with Crippen LogP contribution in [0.5, 0.6) is 0 Å². The Morgan fingerprint density at radius 3 is 2.67 bits per heavy atom. The summed E-state index contributed by atoms with van der Waals surface area (Å²) in [6, 6.07) is 10.4. The minimum atomic E-state index is -0.229. The highest BCUT2D eigenvalue weighted by molar-refractivity contribution is 7.81. The van der Waals surface area contributed by atoms with Crippen molar-refractivity contribution in [1.29, 1.82) is 0 Å². The third-order valence-corrected chi connectivity index (χ3v) is 2.92. The summed E-state index contributed by atoms with van der Waals surface area (Å²) in [5.41, 5.74) is 1.16. The summed E-state index contributed by atoms with van der Waals surface area (Å²) in [7, 11) is 0. The van der Waals surface area contributed by atoms with E-state index in [4.69, 9.17) is 0 Å². The Morgan fingerprint density at radius 2 is 2.07 bits per heavy atom. The van der Waals surface area contributed by atoms with E-state index in [0.717, 1.165) is 18.4 Å². The number of thiol groups is 1. The molecule has 1 aliphatic carbocycles. The smallest absolute Gasteiger partial charge is 0.233 e. The van der Waals surface area contributed by atoms with Crippen molar-refractivity contribution in [3.8, 4) is 0 Å². The molecule has 1 atom stereocenters. The predicted octanol–water partition coefficient (Wildman–Crippen LogP) is 1.81. The molecule has 0 radical (unpaired) electrons. The maximum absolute atomic E-state index is 11.6. The van der Waals surface area contributed by atoms with Crippen LogP contribution in [0.1, 0.15) is 18.4 Å². The van der Waals surface area contributed by atoms with Crippen molar-refractivity contribution in [2.45, 2.75) is 30.6 Å². The topological polar surface area (TPSA) is 29.1 Å². The van der Waals surface area contributed by atoms with E-state index in [9.17, 15) is 4.79 Å². The van der Waals surface area contributed by atoms with Gasteiger partial charge in [-0.05, 0) is 24.8 Å². The molecule has 1 aliphatic rings. The fourth-order valence-electron chi connectivity index (χ4n) is 1.46. The summed E-state index contributed by atoms with van der Waals surface area (Å²) in [5, 5.41) is 2.73. The van der Waals surface area contributed by atoms with Crippen LogP contribution in [0.4, 0.5) is 0 Å². The Hall–Kier alpha value is -0.960. The molecule has 1 unspecified atom stereocenters. The monoisotopic (exact) mass is 221 g/mol. The van der Waals surface area contributed by atoms with E-state index >= 15 is 0 Å². The molecule has 80 valence electrons. The summed E-state index contributed by atoms with van der Waals surface area (Å²) in [6.45, 7) is 0. The second kappa shape index (κ2) is 4.71. The van der Waals surface area contributed by atoms with Crippen LogP contribution in [-0.4, -0.2) is 17.2 Å². The first kappa shape index (κ1) is 10.6. The van der Waals surface area contributed by atoms with Gasteiger partial charge in [-0.1, -0.05) is 30.3 Å². The second-order valence-electron chi connectivity index (χ2n) is 3.99. The Bertz CT molecular complexity index is 335. The van der Waals surface area contributed by atoms with Crippen molar-refractivity contribution < 1.29 is 4.79 Å². The molecule has 0 bridgehead atoms. The van der Waals surface area contributed by atoms with Crippen molar-refractivity contribution in [2.24, 2.45) is 0 Å². The van der Waals surface area contributed by atoms with Crippen molar-refractivity contribution in [3.63, 3.8) is 0 Å². The first-order chi connectivity index (χ1) is 7.25. The lowest BCUT2D eigenvalue weighted by molar-refractivity contribution is -0.120. The van der Waals surface area contributed by atoms with E-state index in [0.29, 0.717) is 12.5 Å². The highest BCUT2D eigenvalue weighted by Gasteiger charge is 2.25. The van der Waals surface area contributed by atoms with Crippen molar-refractivity contribution in [3.05, 3.63) is 35.9 Å². The van der Waals surface area contributed by atoms with Gasteiger partial charge in [-0.3, -0.25) is 4.79 Å². The first-order valence-electron chi connectivity index (χ1n) is 5.28. The van der Waals surface area contributed by atoms with Gasteiger partial charge in [0.2, 0.25) is 5.91 Å². The molecule has 1 aromatic rings. The lowest BCUT2D eigenvalue weighted by Crippen LogP contribution is -2.34. The largest absolute Gasteiger partial charge is 0.352 e. The van der Waals surface area contributed by atoms with Gasteiger partial charge in [-0.25, -0.2) is 0 Å². The molecule has 1 saturated carbocycles. The third kappa shape index (κ3) is 3.27. The zero-order chi connectivity index (χ0) is 10.7. The molecule has 0 spiro atoms. The Kier molecular flexibility index (Phi) is 3.31. The Morgan fingerprint density at radius 1 is 1.40 bits per heavy atom. The molecule has 15 heavy (non-hydrogen) atoms. The van der Waals surface area contributed by atoms with Crippen molar-refractivity contribution in [2.75, 3.05) is 0 Å². The second-order valence-corrected chi connectivity index (χ2v) is 4.61. The zero-order valence-corrected chi connectivity index (χ0v) is 9.41. The van der Waals surface area contributed by atoms with Gasteiger partial charge in [0.05, 0.1) is 5.25 Å². The maximum Gasteiger partial charge on any atom is 0.233 e. The zero-order valence-electron chi connectivity index (χ0n) is 8.52. The molecule has 1 fully saturated rings. The molecule has 0 aliphatic heterocycles. The molecule has 3 heteroatoms. The number of benzene rings is 1.